The number of para-hydroxylation sites is 2. The zero-order chi connectivity index (χ0) is 20.5. The third kappa shape index (κ3) is 3.24. The van der Waals surface area contributed by atoms with Crippen LogP contribution in [-0.4, -0.2) is 15.5 Å². The largest absolute Gasteiger partial charge is 0.457 e. The lowest BCUT2D eigenvalue weighted by atomic mass is 9.87. The van der Waals surface area contributed by atoms with E-state index in [9.17, 15) is 4.79 Å². The third-order valence-corrected chi connectivity index (χ3v) is 5.50. The molecule has 1 N–H and O–H groups in total. The van der Waals surface area contributed by atoms with Gasteiger partial charge in [0.15, 0.2) is 0 Å². The van der Waals surface area contributed by atoms with Gasteiger partial charge in [-0.3, -0.25) is 4.79 Å². The Hall–Kier alpha value is -3.86. The molecule has 1 aromatic heterocycles. The predicted octanol–water partition coefficient (Wildman–Crippen LogP) is 4.99. The van der Waals surface area contributed by atoms with Crippen LogP contribution in [0.15, 0.2) is 91.5 Å². The molecule has 4 aromatic rings. The number of ether oxygens (including phenoxy) is 1. The highest BCUT2D eigenvalue weighted by Crippen LogP contribution is 2.44. The molecule has 148 valence electrons. The minimum atomic E-state index is -0.404. The average Bonchev–Trinajstić information content (AvgIpc) is 3.32. The van der Waals surface area contributed by atoms with E-state index in [1.54, 1.807) is 12.5 Å². The maximum atomic E-state index is 13.4. The van der Waals surface area contributed by atoms with Crippen molar-refractivity contribution in [3.8, 4) is 17.2 Å². The molecule has 5 rings (SSSR count). The van der Waals surface area contributed by atoms with Gasteiger partial charge in [-0.1, -0.05) is 48.5 Å². The van der Waals surface area contributed by atoms with Gasteiger partial charge in [-0.15, -0.1) is 0 Å². The molecule has 0 fully saturated rings. The van der Waals surface area contributed by atoms with Crippen LogP contribution >= 0.6 is 0 Å². The molecule has 5 heteroatoms. The second-order valence-electron chi connectivity index (χ2n) is 7.40. The van der Waals surface area contributed by atoms with E-state index in [4.69, 9.17) is 4.74 Å². The number of imidazole rings is 1. The Balaban J connectivity index is 1.40. The van der Waals surface area contributed by atoms with Crippen molar-refractivity contribution < 1.29 is 9.53 Å². The number of rotatable bonds is 4. The van der Waals surface area contributed by atoms with Crippen LogP contribution in [-0.2, 0) is 4.79 Å². The lowest BCUT2D eigenvalue weighted by Gasteiger charge is -2.28. The van der Waals surface area contributed by atoms with E-state index in [-0.39, 0.29) is 11.9 Å². The molecule has 2 heterocycles. The first-order valence-electron chi connectivity index (χ1n) is 9.95. The third-order valence-electron chi connectivity index (χ3n) is 5.50. The van der Waals surface area contributed by atoms with Gasteiger partial charge in [0.1, 0.15) is 11.5 Å². The molecule has 0 radical (unpaired) electrons. The number of carbonyl (C=O) groups excluding carboxylic acids is 1. The molecule has 1 amide bonds. The predicted molar refractivity (Wildman–Crippen MR) is 115 cm³/mol. The number of hydrogen-bond donors (Lipinski definition) is 1. The minimum absolute atomic E-state index is 0.0376. The molecule has 1 aliphatic heterocycles. The van der Waals surface area contributed by atoms with E-state index in [1.807, 2.05) is 90.5 Å². The first kappa shape index (κ1) is 18.2. The minimum Gasteiger partial charge on any atom is -0.457 e. The number of carbonyl (C=O) groups is 1. The maximum absolute atomic E-state index is 13.4. The summed E-state index contributed by atoms with van der Waals surface area (Å²) in [6, 6.07) is 23.4. The van der Waals surface area contributed by atoms with Crippen LogP contribution in [0.3, 0.4) is 0 Å². The van der Waals surface area contributed by atoms with Gasteiger partial charge in [-0.05, 0) is 36.8 Å². The fourth-order valence-electron chi connectivity index (χ4n) is 3.92. The van der Waals surface area contributed by atoms with Crippen LogP contribution in [0, 0.1) is 0 Å². The maximum Gasteiger partial charge on any atom is 0.232 e. The highest BCUT2D eigenvalue weighted by molar-refractivity contribution is 5.90. The number of aromatic nitrogens is 2. The summed E-state index contributed by atoms with van der Waals surface area (Å²) in [6.07, 6.45) is 5.42. The summed E-state index contributed by atoms with van der Waals surface area (Å²) in [5.74, 6) is 1.02. The number of amides is 1. The van der Waals surface area contributed by atoms with Gasteiger partial charge >= 0.3 is 0 Å². The average molecular weight is 395 g/mol. The number of fused-ring (bicyclic) bond motifs is 2. The summed E-state index contributed by atoms with van der Waals surface area (Å²) in [4.78, 5) is 17.5. The van der Waals surface area contributed by atoms with Crippen molar-refractivity contribution in [3.05, 3.63) is 108 Å². The molecular formula is C25H21N3O2. The SMILES string of the molecule is C[C@H](NC(=O)C1c2ccccc2Oc2ccccc21)c1ccc(-n2ccnc2)cc1. The molecular weight excluding hydrogens is 374 g/mol. The van der Waals surface area contributed by atoms with Crippen molar-refractivity contribution in [1.82, 2.24) is 14.9 Å². The Kier molecular flexibility index (Phi) is 4.56. The van der Waals surface area contributed by atoms with Crippen molar-refractivity contribution in [3.63, 3.8) is 0 Å². The van der Waals surface area contributed by atoms with Crippen LogP contribution in [0.5, 0.6) is 11.5 Å². The monoisotopic (exact) mass is 395 g/mol. The van der Waals surface area contributed by atoms with Crippen LogP contribution in [0.25, 0.3) is 5.69 Å². The van der Waals surface area contributed by atoms with E-state index < -0.39 is 5.92 Å². The van der Waals surface area contributed by atoms with Gasteiger partial charge in [0.2, 0.25) is 5.91 Å². The molecule has 0 saturated heterocycles. The number of nitrogens with zero attached hydrogens (tertiary/aromatic N) is 2. The van der Waals surface area contributed by atoms with Crippen molar-refractivity contribution in [2.75, 3.05) is 0 Å². The number of nitrogens with one attached hydrogen (secondary N) is 1. The molecule has 0 spiro atoms. The van der Waals surface area contributed by atoms with E-state index >= 15 is 0 Å². The second kappa shape index (κ2) is 7.52. The Morgan fingerprint density at radius 3 is 2.20 bits per heavy atom. The van der Waals surface area contributed by atoms with E-state index in [1.165, 1.54) is 0 Å². The Morgan fingerprint density at radius 1 is 0.967 bits per heavy atom. The molecule has 5 nitrogen and oxygen atoms in total. The van der Waals surface area contributed by atoms with Crippen molar-refractivity contribution in [1.29, 1.82) is 0 Å². The van der Waals surface area contributed by atoms with Crippen molar-refractivity contribution in [2.45, 2.75) is 18.9 Å². The fraction of sp³-hybridized carbons (Fsp3) is 0.120. The Morgan fingerprint density at radius 2 is 1.60 bits per heavy atom. The molecule has 0 unspecified atom stereocenters. The van der Waals surface area contributed by atoms with Crippen molar-refractivity contribution in [2.24, 2.45) is 0 Å². The van der Waals surface area contributed by atoms with Crippen LogP contribution in [0.1, 0.15) is 35.6 Å². The lowest BCUT2D eigenvalue weighted by Crippen LogP contribution is -2.33. The van der Waals surface area contributed by atoms with Gasteiger partial charge in [0.05, 0.1) is 18.3 Å². The number of hydrogen-bond acceptors (Lipinski definition) is 3. The summed E-state index contributed by atoms with van der Waals surface area (Å²) < 4.78 is 7.96. The standard InChI is InChI=1S/C25H21N3O2/c1-17(18-10-12-19(13-11-18)28-15-14-26-16-28)27-25(29)24-20-6-2-4-8-22(20)30-23-9-5-3-7-21(23)24/h2-17,24H,1H3,(H,27,29)/t17-/m0/s1. The van der Waals surface area contributed by atoms with E-state index in [0.717, 1.165) is 33.9 Å². The van der Waals surface area contributed by atoms with Crippen molar-refractivity contribution >= 4 is 5.91 Å². The first-order valence-corrected chi connectivity index (χ1v) is 9.95. The molecule has 0 saturated carbocycles. The van der Waals surface area contributed by atoms with Gasteiger partial charge in [0, 0.05) is 29.2 Å². The molecule has 1 atom stereocenters. The highest BCUT2D eigenvalue weighted by atomic mass is 16.5. The van der Waals surface area contributed by atoms with Gasteiger partial charge in [-0.2, -0.15) is 0 Å². The van der Waals surface area contributed by atoms with Crippen LogP contribution < -0.4 is 10.1 Å². The summed E-state index contributed by atoms with van der Waals surface area (Å²) in [6.45, 7) is 2.00. The Labute approximate surface area is 175 Å². The Bertz CT molecular complexity index is 1140. The lowest BCUT2D eigenvalue weighted by molar-refractivity contribution is -0.122. The highest BCUT2D eigenvalue weighted by Gasteiger charge is 2.32. The molecule has 0 bridgehead atoms. The van der Waals surface area contributed by atoms with E-state index in [2.05, 4.69) is 10.3 Å². The normalized spacial score (nSPS) is 13.6. The van der Waals surface area contributed by atoms with Gasteiger partial charge in [0.25, 0.3) is 0 Å². The quantitative estimate of drug-likeness (QED) is 0.530. The smallest absolute Gasteiger partial charge is 0.232 e. The molecule has 30 heavy (non-hydrogen) atoms. The summed E-state index contributed by atoms with van der Waals surface area (Å²) in [5, 5.41) is 3.19. The second-order valence-corrected chi connectivity index (χ2v) is 7.40. The molecule has 3 aromatic carbocycles. The summed E-state index contributed by atoms with van der Waals surface area (Å²) >= 11 is 0. The first-order chi connectivity index (χ1) is 14.7. The zero-order valence-corrected chi connectivity index (χ0v) is 16.5. The van der Waals surface area contributed by atoms with E-state index in [0.29, 0.717) is 0 Å². The molecule has 1 aliphatic rings. The van der Waals surface area contributed by atoms with Gasteiger partial charge < -0.3 is 14.6 Å². The van der Waals surface area contributed by atoms with Gasteiger partial charge in [-0.25, -0.2) is 4.98 Å². The topological polar surface area (TPSA) is 56.1 Å². The fourth-order valence-corrected chi connectivity index (χ4v) is 3.92. The van der Waals surface area contributed by atoms with Crippen LogP contribution in [0.4, 0.5) is 0 Å². The number of benzene rings is 3. The summed E-state index contributed by atoms with van der Waals surface area (Å²) in [5.41, 5.74) is 3.84. The summed E-state index contributed by atoms with van der Waals surface area (Å²) in [7, 11) is 0. The van der Waals surface area contributed by atoms with Crippen LogP contribution in [0.2, 0.25) is 0 Å². The molecule has 0 aliphatic carbocycles. The zero-order valence-electron chi connectivity index (χ0n) is 16.5.